The highest BCUT2D eigenvalue weighted by atomic mass is 19.4. The van der Waals surface area contributed by atoms with Crippen molar-refractivity contribution < 1.29 is 23.1 Å². The molecule has 106 valence electrons. The number of benzene rings is 1. The predicted molar refractivity (Wildman–Crippen MR) is 66.0 cm³/mol. The van der Waals surface area contributed by atoms with Crippen molar-refractivity contribution in [2.75, 3.05) is 5.32 Å². The summed E-state index contributed by atoms with van der Waals surface area (Å²) in [6, 6.07) is 4.30. The van der Waals surface area contributed by atoms with E-state index < -0.39 is 17.7 Å². The molecule has 3 nitrogen and oxygen atoms in total. The highest BCUT2D eigenvalue weighted by Crippen LogP contribution is 2.30. The smallest absolute Gasteiger partial charge is 0.416 e. The lowest BCUT2D eigenvalue weighted by Gasteiger charge is -2.18. The minimum absolute atomic E-state index is 0.0607. The van der Waals surface area contributed by atoms with Gasteiger partial charge in [-0.2, -0.15) is 13.2 Å². The monoisotopic (exact) mass is 275 g/mol. The number of nitrogens with one attached hydrogen (secondary N) is 1. The van der Waals surface area contributed by atoms with Gasteiger partial charge in [-0.15, -0.1) is 0 Å². The van der Waals surface area contributed by atoms with Crippen LogP contribution in [-0.2, 0) is 11.0 Å². The molecule has 0 spiro atoms. The maximum absolute atomic E-state index is 12.4. The number of hydrogen-bond donors (Lipinski definition) is 2. The zero-order valence-electron chi connectivity index (χ0n) is 10.5. The van der Waals surface area contributed by atoms with Gasteiger partial charge in [-0.3, -0.25) is 4.79 Å². The Morgan fingerprint density at radius 1 is 1.32 bits per heavy atom. The number of carboxylic acids is 1. The van der Waals surface area contributed by atoms with E-state index in [1.54, 1.807) is 0 Å². The minimum Gasteiger partial charge on any atom is -0.481 e. The Labute approximate surface area is 109 Å². The summed E-state index contributed by atoms with van der Waals surface area (Å²) >= 11 is 0. The zero-order chi connectivity index (χ0) is 14.5. The fourth-order valence-electron chi connectivity index (χ4n) is 1.78. The van der Waals surface area contributed by atoms with Crippen LogP contribution in [0.15, 0.2) is 24.3 Å². The number of anilines is 1. The molecule has 0 aliphatic rings. The number of carbonyl (C=O) groups is 1. The molecule has 6 heteroatoms. The van der Waals surface area contributed by atoms with Gasteiger partial charge in [0.25, 0.3) is 0 Å². The maximum Gasteiger partial charge on any atom is 0.416 e. The molecule has 1 aromatic rings. The van der Waals surface area contributed by atoms with Gasteiger partial charge in [0.05, 0.1) is 12.0 Å². The first-order chi connectivity index (χ1) is 8.82. The van der Waals surface area contributed by atoms with Crippen molar-refractivity contribution in [1.82, 2.24) is 0 Å². The lowest BCUT2D eigenvalue weighted by Crippen LogP contribution is -2.23. The molecule has 0 aliphatic carbocycles. The number of aliphatic carboxylic acids is 1. The highest BCUT2D eigenvalue weighted by Gasteiger charge is 2.30. The van der Waals surface area contributed by atoms with Crippen molar-refractivity contribution in [1.29, 1.82) is 0 Å². The van der Waals surface area contributed by atoms with Gasteiger partial charge >= 0.3 is 12.1 Å². The molecule has 0 heterocycles. The third-order valence-electron chi connectivity index (χ3n) is 2.64. The van der Waals surface area contributed by atoms with Crippen LogP contribution in [0.5, 0.6) is 0 Å². The third kappa shape index (κ3) is 5.19. The largest absolute Gasteiger partial charge is 0.481 e. The molecular formula is C13H16F3NO2. The van der Waals surface area contributed by atoms with Crippen LogP contribution in [0, 0.1) is 0 Å². The average molecular weight is 275 g/mol. The summed E-state index contributed by atoms with van der Waals surface area (Å²) in [4.78, 5) is 10.7. The Kier molecular flexibility index (Phi) is 5.20. The molecule has 0 bridgehead atoms. The minimum atomic E-state index is -4.36. The molecule has 2 N–H and O–H groups in total. The van der Waals surface area contributed by atoms with Crippen LogP contribution in [0.4, 0.5) is 18.9 Å². The molecule has 0 unspecified atom stereocenters. The van der Waals surface area contributed by atoms with Crippen molar-refractivity contribution in [3.63, 3.8) is 0 Å². The summed E-state index contributed by atoms with van der Waals surface area (Å²) in [5.41, 5.74) is -0.226. The van der Waals surface area contributed by atoms with Gasteiger partial charge in [-0.1, -0.05) is 13.3 Å². The summed E-state index contributed by atoms with van der Waals surface area (Å²) in [6.07, 6.45) is -2.98. The topological polar surface area (TPSA) is 49.3 Å². The first-order valence-electron chi connectivity index (χ1n) is 5.98. The van der Waals surface area contributed by atoms with E-state index in [0.29, 0.717) is 12.1 Å². The highest BCUT2D eigenvalue weighted by molar-refractivity contribution is 5.68. The molecule has 0 radical (unpaired) electrons. The summed E-state index contributed by atoms with van der Waals surface area (Å²) in [7, 11) is 0. The Morgan fingerprint density at radius 3 is 2.32 bits per heavy atom. The number of carboxylic acid groups (broad SMARTS) is 1. The van der Waals surface area contributed by atoms with Gasteiger partial charge in [-0.25, -0.2) is 0 Å². The second-order valence-electron chi connectivity index (χ2n) is 4.30. The molecule has 0 aromatic heterocycles. The third-order valence-corrected chi connectivity index (χ3v) is 2.64. The molecule has 19 heavy (non-hydrogen) atoms. The first-order valence-corrected chi connectivity index (χ1v) is 5.98. The van der Waals surface area contributed by atoms with Gasteiger partial charge in [0.1, 0.15) is 0 Å². The molecule has 0 aliphatic heterocycles. The molecule has 0 fully saturated rings. The standard InChI is InChI=1S/C13H16F3NO2/c1-2-3-11(8-12(18)19)17-10-6-4-9(5-7-10)13(14,15)16/h4-7,11,17H,2-3,8H2,1H3,(H,18,19)/t11-/m1/s1. The second-order valence-corrected chi connectivity index (χ2v) is 4.30. The molecule has 1 aromatic carbocycles. The molecule has 1 atom stereocenters. The van der Waals surface area contributed by atoms with E-state index in [2.05, 4.69) is 5.32 Å². The normalized spacial score (nSPS) is 13.1. The van der Waals surface area contributed by atoms with E-state index in [1.807, 2.05) is 6.92 Å². The van der Waals surface area contributed by atoms with E-state index in [9.17, 15) is 18.0 Å². The Bertz CT molecular complexity index is 415. The van der Waals surface area contributed by atoms with Crippen molar-refractivity contribution in [3.8, 4) is 0 Å². The van der Waals surface area contributed by atoms with Crippen LogP contribution in [-0.4, -0.2) is 17.1 Å². The quantitative estimate of drug-likeness (QED) is 0.831. The SMILES string of the molecule is CCC[C@H](CC(=O)O)Nc1ccc(C(F)(F)F)cc1. The van der Waals surface area contributed by atoms with Crippen molar-refractivity contribution in [2.45, 2.75) is 38.4 Å². The second kappa shape index (κ2) is 6.45. The lowest BCUT2D eigenvalue weighted by atomic mass is 10.1. The van der Waals surface area contributed by atoms with Gasteiger partial charge in [0, 0.05) is 11.7 Å². The van der Waals surface area contributed by atoms with E-state index >= 15 is 0 Å². The van der Waals surface area contributed by atoms with Crippen molar-refractivity contribution in [3.05, 3.63) is 29.8 Å². The van der Waals surface area contributed by atoms with Crippen LogP contribution >= 0.6 is 0 Å². The van der Waals surface area contributed by atoms with Crippen molar-refractivity contribution >= 4 is 11.7 Å². The number of halogens is 3. The fraction of sp³-hybridized carbons (Fsp3) is 0.462. The number of hydrogen-bond acceptors (Lipinski definition) is 2. The molecule has 1 rings (SSSR count). The van der Waals surface area contributed by atoms with E-state index in [4.69, 9.17) is 5.11 Å². The zero-order valence-corrected chi connectivity index (χ0v) is 10.5. The maximum atomic E-state index is 12.4. The summed E-state index contributed by atoms with van der Waals surface area (Å²) in [5, 5.41) is 11.7. The summed E-state index contributed by atoms with van der Waals surface area (Å²) in [5.74, 6) is -0.933. The summed E-state index contributed by atoms with van der Waals surface area (Å²) in [6.45, 7) is 1.92. The average Bonchev–Trinajstić information content (AvgIpc) is 2.28. The molecule has 0 saturated carbocycles. The number of rotatable bonds is 6. The van der Waals surface area contributed by atoms with E-state index in [-0.39, 0.29) is 12.5 Å². The van der Waals surface area contributed by atoms with Crippen molar-refractivity contribution in [2.24, 2.45) is 0 Å². The van der Waals surface area contributed by atoms with Crippen LogP contribution < -0.4 is 5.32 Å². The van der Waals surface area contributed by atoms with E-state index in [0.717, 1.165) is 18.6 Å². The van der Waals surface area contributed by atoms with Crippen LogP contribution in [0.1, 0.15) is 31.7 Å². The Morgan fingerprint density at radius 2 is 1.89 bits per heavy atom. The van der Waals surface area contributed by atoms with E-state index in [1.165, 1.54) is 12.1 Å². The molecule has 0 saturated heterocycles. The molecular weight excluding hydrogens is 259 g/mol. The molecule has 0 amide bonds. The predicted octanol–water partition coefficient (Wildman–Crippen LogP) is 3.76. The number of alkyl halides is 3. The summed E-state index contributed by atoms with van der Waals surface area (Å²) < 4.78 is 37.1. The Balaban J connectivity index is 2.72. The van der Waals surface area contributed by atoms with Crippen LogP contribution in [0.25, 0.3) is 0 Å². The fourth-order valence-corrected chi connectivity index (χ4v) is 1.78. The first kappa shape index (κ1) is 15.3. The lowest BCUT2D eigenvalue weighted by molar-refractivity contribution is -0.138. The van der Waals surface area contributed by atoms with Crippen LogP contribution in [0.2, 0.25) is 0 Å². The van der Waals surface area contributed by atoms with Gasteiger partial charge in [0.15, 0.2) is 0 Å². The van der Waals surface area contributed by atoms with Gasteiger partial charge in [-0.05, 0) is 30.7 Å². The van der Waals surface area contributed by atoms with Gasteiger partial charge in [0.2, 0.25) is 0 Å². The van der Waals surface area contributed by atoms with Crippen LogP contribution in [0.3, 0.4) is 0 Å². The van der Waals surface area contributed by atoms with Gasteiger partial charge < -0.3 is 10.4 Å². The Hall–Kier alpha value is -1.72.